The second-order valence-electron chi connectivity index (χ2n) is 9.04. The largest absolute Gasteiger partial charge is 0.357 e. The number of sulfonamides is 1. The monoisotopic (exact) mass is 540 g/mol. The van der Waals surface area contributed by atoms with Crippen molar-refractivity contribution in [2.45, 2.75) is 50.6 Å². The van der Waals surface area contributed by atoms with Crippen LogP contribution in [0.1, 0.15) is 43.4 Å². The molecule has 176 valence electrons. The van der Waals surface area contributed by atoms with E-state index < -0.39 is 21.7 Å². The molecule has 0 saturated heterocycles. The quantitative estimate of drug-likeness (QED) is 0.501. The number of fused-ring (bicyclic) bond motifs is 1. The first-order valence-electron chi connectivity index (χ1n) is 10.3. The fourth-order valence-electron chi connectivity index (χ4n) is 3.70. The molecular weight excluding hydrogens is 518 g/mol. The van der Waals surface area contributed by atoms with Gasteiger partial charge in [-0.15, -0.1) is 0 Å². The Hall–Kier alpha value is -2.37. The predicted octanol–water partition coefficient (Wildman–Crippen LogP) is 4.77. The summed E-state index contributed by atoms with van der Waals surface area (Å²) in [6.45, 7) is 7.16. The standard InChI is InChI=1S/C22H23BrF2N4O3S/c1-22(2,3)20-19(23)21(27-32-20)28-33(30,31)17-8-14-12-29(5-4-18(14)26-10-17)11-13-6-15(24)9-16(25)7-13/h6-10H,4-5,11-12H2,1-3H3,(H,27,28). The summed E-state index contributed by atoms with van der Waals surface area (Å²) in [5.41, 5.74) is 1.69. The summed E-state index contributed by atoms with van der Waals surface area (Å²) in [5.74, 6) is -0.671. The van der Waals surface area contributed by atoms with E-state index in [-0.39, 0.29) is 16.1 Å². The van der Waals surface area contributed by atoms with E-state index in [1.807, 2.05) is 25.7 Å². The van der Waals surface area contributed by atoms with E-state index in [4.69, 9.17) is 4.52 Å². The van der Waals surface area contributed by atoms with Crippen molar-refractivity contribution in [3.8, 4) is 0 Å². The summed E-state index contributed by atoms with van der Waals surface area (Å²) >= 11 is 3.36. The van der Waals surface area contributed by atoms with Gasteiger partial charge in [-0.2, -0.15) is 0 Å². The lowest BCUT2D eigenvalue weighted by Gasteiger charge is -2.28. The number of benzene rings is 1. The Morgan fingerprint density at radius 1 is 1.18 bits per heavy atom. The average molecular weight is 541 g/mol. The van der Waals surface area contributed by atoms with Gasteiger partial charge in [-0.25, -0.2) is 17.2 Å². The van der Waals surface area contributed by atoms with Crippen LogP contribution < -0.4 is 4.72 Å². The van der Waals surface area contributed by atoms with Crippen LogP contribution in [0.2, 0.25) is 0 Å². The molecule has 0 saturated carbocycles. The van der Waals surface area contributed by atoms with Gasteiger partial charge in [0.05, 0.1) is 0 Å². The van der Waals surface area contributed by atoms with Crippen LogP contribution in [0.4, 0.5) is 14.6 Å². The highest BCUT2D eigenvalue weighted by molar-refractivity contribution is 9.10. The molecule has 0 bridgehead atoms. The Kier molecular flexibility index (Phi) is 6.32. The molecule has 3 aromatic rings. The molecule has 4 rings (SSSR count). The Bertz CT molecular complexity index is 1290. The number of nitrogens with zero attached hydrogens (tertiary/aromatic N) is 3. The number of anilines is 1. The van der Waals surface area contributed by atoms with E-state index in [0.29, 0.717) is 41.9 Å². The summed E-state index contributed by atoms with van der Waals surface area (Å²) in [4.78, 5) is 6.33. The van der Waals surface area contributed by atoms with Crippen LogP contribution in [0.25, 0.3) is 0 Å². The first-order valence-corrected chi connectivity index (χ1v) is 12.5. The van der Waals surface area contributed by atoms with Gasteiger partial charge in [0, 0.05) is 49.4 Å². The lowest BCUT2D eigenvalue weighted by Crippen LogP contribution is -2.31. The number of hydrogen-bond acceptors (Lipinski definition) is 6. The molecule has 11 heteroatoms. The molecule has 1 N–H and O–H groups in total. The normalized spacial score (nSPS) is 14.8. The van der Waals surface area contributed by atoms with Gasteiger partial charge in [0.2, 0.25) is 0 Å². The number of hydrogen-bond donors (Lipinski definition) is 1. The molecule has 7 nitrogen and oxygen atoms in total. The van der Waals surface area contributed by atoms with E-state index in [0.717, 1.165) is 17.3 Å². The van der Waals surface area contributed by atoms with Crippen molar-refractivity contribution in [2.24, 2.45) is 0 Å². The molecule has 2 aromatic heterocycles. The van der Waals surface area contributed by atoms with E-state index >= 15 is 0 Å². The molecule has 0 aliphatic carbocycles. The summed E-state index contributed by atoms with van der Waals surface area (Å²) < 4.78 is 61.2. The fourth-order valence-corrected chi connectivity index (χ4v) is 5.67. The smallest absolute Gasteiger partial charge is 0.264 e. The van der Waals surface area contributed by atoms with Crippen LogP contribution in [0, 0.1) is 11.6 Å². The summed E-state index contributed by atoms with van der Waals surface area (Å²) in [5, 5.41) is 3.85. The second-order valence-corrected chi connectivity index (χ2v) is 11.5. The number of aromatic nitrogens is 2. The first-order chi connectivity index (χ1) is 15.4. The van der Waals surface area contributed by atoms with Crippen LogP contribution in [-0.4, -0.2) is 30.0 Å². The van der Waals surface area contributed by atoms with E-state index in [2.05, 4.69) is 30.8 Å². The van der Waals surface area contributed by atoms with Crippen molar-refractivity contribution in [1.82, 2.24) is 15.0 Å². The van der Waals surface area contributed by atoms with Crippen LogP contribution in [0.5, 0.6) is 0 Å². The number of pyridine rings is 1. The van der Waals surface area contributed by atoms with Crippen LogP contribution in [0.15, 0.2) is 44.4 Å². The molecule has 0 radical (unpaired) electrons. The minimum atomic E-state index is -3.97. The molecule has 1 aliphatic rings. The van der Waals surface area contributed by atoms with Gasteiger partial charge < -0.3 is 4.52 Å². The molecule has 0 atom stereocenters. The molecule has 0 fully saturated rings. The lowest BCUT2D eigenvalue weighted by atomic mass is 9.93. The third kappa shape index (κ3) is 5.25. The molecule has 1 aliphatic heterocycles. The van der Waals surface area contributed by atoms with Gasteiger partial charge in [-0.3, -0.25) is 14.6 Å². The van der Waals surface area contributed by atoms with Crippen molar-refractivity contribution in [1.29, 1.82) is 0 Å². The molecule has 0 unspecified atom stereocenters. The van der Waals surface area contributed by atoms with E-state index in [9.17, 15) is 17.2 Å². The fraction of sp³-hybridized carbons (Fsp3) is 0.364. The van der Waals surface area contributed by atoms with Gasteiger partial charge in [0.15, 0.2) is 11.6 Å². The van der Waals surface area contributed by atoms with Gasteiger partial charge in [0.25, 0.3) is 10.0 Å². The highest BCUT2D eigenvalue weighted by Gasteiger charge is 2.28. The Balaban J connectivity index is 1.54. The zero-order valence-corrected chi connectivity index (χ0v) is 20.7. The van der Waals surface area contributed by atoms with Crippen molar-refractivity contribution >= 4 is 31.8 Å². The number of rotatable bonds is 5. The molecular formula is C22H23BrF2N4O3S. The predicted molar refractivity (Wildman–Crippen MR) is 122 cm³/mol. The third-order valence-electron chi connectivity index (χ3n) is 5.28. The zero-order valence-electron chi connectivity index (χ0n) is 18.3. The van der Waals surface area contributed by atoms with Crippen molar-refractivity contribution in [3.63, 3.8) is 0 Å². The molecule has 1 aromatic carbocycles. The summed E-state index contributed by atoms with van der Waals surface area (Å²) in [7, 11) is -3.97. The molecule has 3 heterocycles. The minimum Gasteiger partial charge on any atom is -0.357 e. The van der Waals surface area contributed by atoms with Crippen molar-refractivity contribution in [3.05, 3.63) is 69.2 Å². The maximum Gasteiger partial charge on any atom is 0.264 e. The minimum absolute atomic E-state index is 0.00731. The highest BCUT2D eigenvalue weighted by atomic mass is 79.9. The first kappa shape index (κ1) is 23.8. The van der Waals surface area contributed by atoms with E-state index in [1.54, 1.807) is 6.07 Å². The van der Waals surface area contributed by atoms with Gasteiger partial charge >= 0.3 is 0 Å². The van der Waals surface area contributed by atoms with Gasteiger partial charge in [0.1, 0.15) is 21.0 Å². The molecule has 0 amide bonds. The van der Waals surface area contributed by atoms with Gasteiger partial charge in [-0.05, 0) is 45.3 Å². The summed E-state index contributed by atoms with van der Waals surface area (Å²) in [6, 6.07) is 4.99. The highest BCUT2D eigenvalue weighted by Crippen LogP contribution is 2.35. The lowest BCUT2D eigenvalue weighted by molar-refractivity contribution is 0.242. The van der Waals surface area contributed by atoms with Crippen LogP contribution in [-0.2, 0) is 34.9 Å². The molecule has 33 heavy (non-hydrogen) atoms. The maximum atomic E-state index is 13.5. The van der Waals surface area contributed by atoms with Crippen molar-refractivity contribution < 1.29 is 21.7 Å². The number of nitrogens with one attached hydrogen (secondary N) is 1. The molecule has 0 spiro atoms. The van der Waals surface area contributed by atoms with Gasteiger partial charge in [-0.1, -0.05) is 25.9 Å². The Morgan fingerprint density at radius 2 is 1.88 bits per heavy atom. The Morgan fingerprint density at radius 3 is 2.52 bits per heavy atom. The summed E-state index contributed by atoms with van der Waals surface area (Å²) in [6.07, 6.45) is 1.92. The topological polar surface area (TPSA) is 88.3 Å². The number of halogens is 3. The zero-order chi connectivity index (χ0) is 24.0. The average Bonchev–Trinajstić information content (AvgIpc) is 3.06. The van der Waals surface area contributed by atoms with Crippen LogP contribution >= 0.6 is 15.9 Å². The van der Waals surface area contributed by atoms with Crippen LogP contribution in [0.3, 0.4) is 0 Å². The Labute approximate surface area is 199 Å². The van der Waals surface area contributed by atoms with E-state index in [1.165, 1.54) is 18.3 Å². The second kappa shape index (κ2) is 8.77. The van der Waals surface area contributed by atoms with Crippen molar-refractivity contribution in [2.75, 3.05) is 11.3 Å². The maximum absolute atomic E-state index is 13.5. The third-order valence-corrected chi connectivity index (χ3v) is 7.32. The SMILES string of the molecule is CC(C)(C)c1onc(NS(=O)(=O)c2cnc3c(c2)CN(Cc2cc(F)cc(F)c2)CC3)c1Br.